The number of carbonyl (C=O) groups excluding carboxylic acids is 1. The third kappa shape index (κ3) is 4.67. The van der Waals surface area contributed by atoms with Gasteiger partial charge < -0.3 is 5.32 Å². The van der Waals surface area contributed by atoms with Gasteiger partial charge in [-0.3, -0.25) is 18.6 Å². The molecule has 0 aliphatic heterocycles. The normalized spacial score (nSPS) is 11.5. The number of amides is 1. The number of benzene rings is 2. The minimum Gasteiger partial charge on any atom is -0.356 e. The molecule has 0 spiro atoms. The predicted octanol–water partition coefficient (Wildman–Crippen LogP) is 3.64. The van der Waals surface area contributed by atoms with Crippen LogP contribution in [0.4, 0.5) is 4.39 Å². The fraction of sp³-hybridized carbons (Fsp3) is 0.304. The van der Waals surface area contributed by atoms with Gasteiger partial charge in [-0.15, -0.1) is 10.2 Å². The van der Waals surface area contributed by atoms with Gasteiger partial charge in [0, 0.05) is 25.3 Å². The highest BCUT2D eigenvalue weighted by atomic mass is 32.2. The number of halogens is 1. The Morgan fingerprint density at radius 3 is 2.62 bits per heavy atom. The van der Waals surface area contributed by atoms with Crippen molar-refractivity contribution in [3.05, 3.63) is 70.3 Å². The van der Waals surface area contributed by atoms with E-state index in [9.17, 15) is 14.0 Å². The summed E-state index contributed by atoms with van der Waals surface area (Å²) < 4.78 is 16.5. The minimum atomic E-state index is -0.279. The number of rotatable bonds is 8. The van der Waals surface area contributed by atoms with Gasteiger partial charge in [0.1, 0.15) is 5.82 Å². The van der Waals surface area contributed by atoms with Crippen molar-refractivity contribution in [1.82, 2.24) is 24.5 Å². The van der Waals surface area contributed by atoms with Crippen LogP contribution in [0.15, 0.2) is 58.5 Å². The third-order valence-corrected chi connectivity index (χ3v) is 6.03. The molecule has 0 radical (unpaired) electrons. The van der Waals surface area contributed by atoms with Crippen LogP contribution in [0, 0.1) is 11.7 Å². The molecule has 2 aromatic carbocycles. The van der Waals surface area contributed by atoms with Crippen LogP contribution in [0.25, 0.3) is 16.7 Å². The first-order valence-electron chi connectivity index (χ1n) is 10.4. The number of fused-ring (bicyclic) bond motifs is 3. The largest absolute Gasteiger partial charge is 0.356 e. The van der Waals surface area contributed by atoms with E-state index in [4.69, 9.17) is 0 Å². The molecule has 4 rings (SSSR count). The number of aryl methyl sites for hydroxylation is 1. The van der Waals surface area contributed by atoms with Gasteiger partial charge in [0.15, 0.2) is 5.16 Å². The molecule has 0 unspecified atom stereocenters. The maximum absolute atomic E-state index is 13.2. The van der Waals surface area contributed by atoms with Crippen LogP contribution in [0.5, 0.6) is 0 Å². The standard InChI is InChI=1S/C23H24FN5O2S/c1-15(2)13-25-20(30)11-12-28-21(31)18-5-3-4-6-19(18)29-22(28)26-27-23(29)32-14-16-7-9-17(24)10-8-16/h3-10,15H,11-14H2,1-2H3,(H,25,30). The molecule has 2 heterocycles. The van der Waals surface area contributed by atoms with E-state index in [2.05, 4.69) is 15.5 Å². The highest BCUT2D eigenvalue weighted by Gasteiger charge is 2.17. The Bertz CT molecular complexity index is 1310. The van der Waals surface area contributed by atoms with E-state index >= 15 is 0 Å². The van der Waals surface area contributed by atoms with E-state index in [-0.39, 0.29) is 30.2 Å². The Kier molecular flexibility index (Phi) is 6.55. The van der Waals surface area contributed by atoms with Crippen LogP contribution < -0.4 is 10.9 Å². The zero-order valence-electron chi connectivity index (χ0n) is 17.9. The molecule has 0 fully saturated rings. The molecule has 2 aromatic heterocycles. The number of nitrogens with one attached hydrogen (secondary N) is 1. The zero-order valence-corrected chi connectivity index (χ0v) is 18.7. The molecule has 0 aliphatic rings. The number of aromatic nitrogens is 4. The summed E-state index contributed by atoms with van der Waals surface area (Å²) in [6, 6.07) is 13.6. The van der Waals surface area contributed by atoms with Crippen molar-refractivity contribution in [3.8, 4) is 0 Å². The van der Waals surface area contributed by atoms with E-state index in [1.54, 1.807) is 18.2 Å². The average molecular weight is 454 g/mol. The summed E-state index contributed by atoms with van der Waals surface area (Å²) in [6.07, 6.45) is 0.172. The molecule has 1 amide bonds. The summed E-state index contributed by atoms with van der Waals surface area (Å²) >= 11 is 1.45. The van der Waals surface area contributed by atoms with Crippen LogP contribution in [0.1, 0.15) is 25.8 Å². The Labute approximate surface area is 188 Å². The topological polar surface area (TPSA) is 81.3 Å². The molecule has 0 atom stereocenters. The maximum atomic E-state index is 13.2. The third-order valence-electron chi connectivity index (χ3n) is 5.03. The van der Waals surface area contributed by atoms with Gasteiger partial charge >= 0.3 is 0 Å². The second kappa shape index (κ2) is 9.52. The summed E-state index contributed by atoms with van der Waals surface area (Å²) in [5, 5.41) is 12.6. The number of para-hydroxylation sites is 1. The summed E-state index contributed by atoms with van der Waals surface area (Å²) in [5.41, 5.74) is 1.46. The van der Waals surface area contributed by atoms with Gasteiger partial charge in [0.05, 0.1) is 10.9 Å². The molecule has 7 nitrogen and oxygen atoms in total. The number of hydrogen-bond donors (Lipinski definition) is 1. The first-order chi connectivity index (χ1) is 15.4. The Balaban J connectivity index is 1.68. The monoisotopic (exact) mass is 453 g/mol. The van der Waals surface area contributed by atoms with E-state index in [0.717, 1.165) is 5.56 Å². The number of hydrogen-bond acceptors (Lipinski definition) is 5. The highest BCUT2D eigenvalue weighted by Crippen LogP contribution is 2.24. The van der Waals surface area contributed by atoms with Gasteiger partial charge in [-0.2, -0.15) is 0 Å². The molecule has 4 aromatic rings. The zero-order chi connectivity index (χ0) is 22.7. The van der Waals surface area contributed by atoms with Crippen LogP contribution in [-0.4, -0.2) is 31.6 Å². The molecule has 32 heavy (non-hydrogen) atoms. The van der Waals surface area contributed by atoms with E-state index in [0.29, 0.717) is 40.1 Å². The van der Waals surface area contributed by atoms with Crippen molar-refractivity contribution in [3.63, 3.8) is 0 Å². The molecular formula is C23H24FN5O2S. The molecule has 166 valence electrons. The van der Waals surface area contributed by atoms with Gasteiger partial charge in [0.25, 0.3) is 5.56 Å². The summed E-state index contributed by atoms with van der Waals surface area (Å²) in [6.45, 7) is 4.85. The fourth-order valence-electron chi connectivity index (χ4n) is 3.38. The number of thioether (sulfide) groups is 1. The van der Waals surface area contributed by atoms with Crippen molar-refractivity contribution >= 4 is 34.3 Å². The first kappa shape index (κ1) is 22.0. The Hall–Kier alpha value is -3.20. The van der Waals surface area contributed by atoms with Gasteiger partial charge in [-0.05, 0) is 35.7 Å². The molecule has 0 saturated heterocycles. The summed E-state index contributed by atoms with van der Waals surface area (Å²) in [5.74, 6) is 0.936. The molecule has 0 bridgehead atoms. The van der Waals surface area contributed by atoms with E-state index < -0.39 is 0 Å². The molecule has 0 saturated carbocycles. The maximum Gasteiger partial charge on any atom is 0.262 e. The van der Waals surface area contributed by atoms with E-state index in [1.807, 2.05) is 36.4 Å². The second-order valence-corrected chi connectivity index (χ2v) is 8.90. The quantitative estimate of drug-likeness (QED) is 0.412. The van der Waals surface area contributed by atoms with Crippen molar-refractivity contribution in [2.75, 3.05) is 6.54 Å². The smallest absolute Gasteiger partial charge is 0.262 e. The predicted molar refractivity (Wildman–Crippen MR) is 123 cm³/mol. The lowest BCUT2D eigenvalue weighted by Gasteiger charge is -2.12. The van der Waals surface area contributed by atoms with Gasteiger partial charge in [0.2, 0.25) is 11.7 Å². The molecular weight excluding hydrogens is 429 g/mol. The minimum absolute atomic E-state index is 0.109. The van der Waals surface area contributed by atoms with Crippen LogP contribution in [0.2, 0.25) is 0 Å². The molecule has 0 aliphatic carbocycles. The average Bonchev–Trinajstić information content (AvgIpc) is 3.21. The van der Waals surface area contributed by atoms with Crippen molar-refractivity contribution < 1.29 is 9.18 Å². The Morgan fingerprint density at radius 2 is 1.88 bits per heavy atom. The number of carbonyl (C=O) groups is 1. The van der Waals surface area contributed by atoms with Crippen LogP contribution in [0.3, 0.4) is 0 Å². The molecule has 1 N–H and O–H groups in total. The summed E-state index contributed by atoms with van der Waals surface area (Å²) in [4.78, 5) is 25.4. The molecule has 9 heteroatoms. The summed E-state index contributed by atoms with van der Waals surface area (Å²) in [7, 11) is 0. The Morgan fingerprint density at radius 1 is 1.12 bits per heavy atom. The van der Waals surface area contributed by atoms with E-state index in [1.165, 1.54) is 28.5 Å². The lowest BCUT2D eigenvalue weighted by molar-refractivity contribution is -0.121. The van der Waals surface area contributed by atoms with Crippen molar-refractivity contribution in [2.24, 2.45) is 5.92 Å². The fourth-order valence-corrected chi connectivity index (χ4v) is 4.27. The van der Waals surface area contributed by atoms with Crippen molar-refractivity contribution in [2.45, 2.75) is 37.7 Å². The van der Waals surface area contributed by atoms with Crippen molar-refractivity contribution in [1.29, 1.82) is 0 Å². The second-order valence-electron chi connectivity index (χ2n) is 7.95. The van der Waals surface area contributed by atoms with Crippen LogP contribution >= 0.6 is 11.8 Å². The van der Waals surface area contributed by atoms with Gasteiger partial charge in [-0.25, -0.2) is 4.39 Å². The van der Waals surface area contributed by atoms with Crippen LogP contribution in [-0.2, 0) is 17.1 Å². The highest BCUT2D eigenvalue weighted by molar-refractivity contribution is 7.98. The lowest BCUT2D eigenvalue weighted by atomic mass is 10.2. The lowest BCUT2D eigenvalue weighted by Crippen LogP contribution is -2.30. The first-order valence-corrected chi connectivity index (χ1v) is 11.4. The van der Waals surface area contributed by atoms with Gasteiger partial charge in [-0.1, -0.05) is 49.9 Å². The SMILES string of the molecule is CC(C)CNC(=O)CCn1c(=O)c2ccccc2n2c(SCc3ccc(F)cc3)nnc12. The number of nitrogens with zero attached hydrogens (tertiary/aromatic N) is 4.